The minimum atomic E-state index is -3.30. The number of nitrogens with one attached hydrogen (secondary N) is 2. The molecule has 0 fully saturated rings. The largest absolute Gasteiger partial charge is 0.455 e. The van der Waals surface area contributed by atoms with Crippen LogP contribution < -0.4 is 10.0 Å². The van der Waals surface area contributed by atoms with Crippen LogP contribution in [0.2, 0.25) is 0 Å². The molecule has 0 aliphatic heterocycles. The maximum absolute atomic E-state index is 12.3. The van der Waals surface area contributed by atoms with Crippen LogP contribution in [0.5, 0.6) is 0 Å². The zero-order chi connectivity index (χ0) is 17.9. The van der Waals surface area contributed by atoms with Gasteiger partial charge < -0.3 is 9.73 Å². The third-order valence-corrected chi connectivity index (χ3v) is 5.07. The van der Waals surface area contributed by atoms with E-state index in [1.165, 1.54) is 11.1 Å². The van der Waals surface area contributed by atoms with Crippen molar-refractivity contribution in [2.24, 2.45) is 0 Å². The number of hydrogen-bond acceptors (Lipinski definition) is 4. The number of carbonyl (C=O) groups is 1. The van der Waals surface area contributed by atoms with E-state index < -0.39 is 10.0 Å². The molecule has 1 aromatic heterocycles. The molecule has 2 N–H and O–H groups in total. The lowest BCUT2D eigenvalue weighted by Gasteiger charge is -2.25. The molecule has 1 aliphatic carbocycles. The molecule has 1 amide bonds. The summed E-state index contributed by atoms with van der Waals surface area (Å²) in [6, 6.07) is 11.5. The second-order valence-electron chi connectivity index (χ2n) is 6.36. The van der Waals surface area contributed by atoms with Crippen LogP contribution in [0.15, 0.2) is 40.8 Å². The number of aryl methyl sites for hydroxylation is 1. The number of benzene rings is 1. The van der Waals surface area contributed by atoms with Crippen molar-refractivity contribution < 1.29 is 17.6 Å². The van der Waals surface area contributed by atoms with Gasteiger partial charge in [-0.25, -0.2) is 13.1 Å². The Morgan fingerprint density at radius 1 is 1.24 bits per heavy atom. The molecule has 0 spiro atoms. The molecular formula is C18H22N2O4S. The highest BCUT2D eigenvalue weighted by Gasteiger charge is 2.21. The van der Waals surface area contributed by atoms with E-state index >= 15 is 0 Å². The molecular weight excluding hydrogens is 340 g/mol. The molecule has 2 aromatic rings. The third kappa shape index (κ3) is 4.70. The van der Waals surface area contributed by atoms with Crippen molar-refractivity contribution in [2.45, 2.75) is 31.7 Å². The average molecular weight is 362 g/mol. The van der Waals surface area contributed by atoms with Gasteiger partial charge in [-0.15, -0.1) is 0 Å². The Bertz CT molecular complexity index is 857. The zero-order valence-electron chi connectivity index (χ0n) is 14.1. The van der Waals surface area contributed by atoms with Crippen LogP contribution in [-0.2, 0) is 23.0 Å². The number of hydrogen-bond donors (Lipinski definition) is 2. The maximum Gasteiger partial charge on any atom is 0.287 e. The summed E-state index contributed by atoms with van der Waals surface area (Å²) in [6.45, 7) is 0.593. The summed E-state index contributed by atoms with van der Waals surface area (Å²) in [5.41, 5.74) is 2.67. The van der Waals surface area contributed by atoms with Crippen LogP contribution >= 0.6 is 0 Å². The first kappa shape index (κ1) is 17.7. The monoisotopic (exact) mass is 362 g/mol. The normalized spacial score (nSPS) is 17.1. The molecule has 7 heteroatoms. The Balaban J connectivity index is 1.58. The van der Waals surface area contributed by atoms with Gasteiger partial charge in [-0.1, -0.05) is 24.3 Å². The van der Waals surface area contributed by atoms with Crippen molar-refractivity contribution in [2.75, 3.05) is 12.8 Å². The molecule has 0 saturated heterocycles. The summed E-state index contributed by atoms with van der Waals surface area (Å²) in [7, 11) is -3.30. The van der Waals surface area contributed by atoms with Gasteiger partial charge in [0.05, 0.1) is 12.8 Å². The summed E-state index contributed by atoms with van der Waals surface area (Å²) in [5.74, 6) is 0.622. The van der Waals surface area contributed by atoms with E-state index in [4.69, 9.17) is 4.42 Å². The summed E-state index contributed by atoms with van der Waals surface area (Å²) < 4.78 is 29.9. The first-order valence-electron chi connectivity index (χ1n) is 8.32. The summed E-state index contributed by atoms with van der Waals surface area (Å²) in [6.07, 6.45) is 4.35. The lowest BCUT2D eigenvalue weighted by atomic mass is 9.83. The van der Waals surface area contributed by atoms with Gasteiger partial charge in [-0.3, -0.25) is 4.79 Å². The highest BCUT2D eigenvalue weighted by atomic mass is 32.2. The second-order valence-corrected chi connectivity index (χ2v) is 8.19. The molecule has 1 unspecified atom stereocenters. The molecule has 0 bridgehead atoms. The molecule has 1 aromatic carbocycles. The number of fused-ring (bicyclic) bond motifs is 1. The number of carbonyl (C=O) groups excluding carboxylic acids is 1. The molecule has 1 aliphatic rings. The number of rotatable bonds is 6. The van der Waals surface area contributed by atoms with Crippen molar-refractivity contribution in [3.05, 3.63) is 59.0 Å². The minimum absolute atomic E-state index is 0.0299. The summed E-state index contributed by atoms with van der Waals surface area (Å²) >= 11 is 0. The zero-order valence-corrected chi connectivity index (χ0v) is 14.9. The minimum Gasteiger partial charge on any atom is -0.455 e. The highest BCUT2D eigenvalue weighted by molar-refractivity contribution is 7.88. The van der Waals surface area contributed by atoms with Gasteiger partial charge in [0, 0.05) is 12.5 Å². The van der Waals surface area contributed by atoms with Crippen LogP contribution in [0.25, 0.3) is 0 Å². The molecule has 0 saturated carbocycles. The molecule has 1 heterocycles. The van der Waals surface area contributed by atoms with E-state index in [-0.39, 0.29) is 18.2 Å². The van der Waals surface area contributed by atoms with E-state index in [0.29, 0.717) is 18.2 Å². The Morgan fingerprint density at radius 3 is 2.84 bits per heavy atom. The first-order chi connectivity index (χ1) is 11.9. The predicted molar refractivity (Wildman–Crippen MR) is 94.8 cm³/mol. The Morgan fingerprint density at radius 2 is 2.04 bits per heavy atom. The number of amides is 1. The fourth-order valence-electron chi connectivity index (χ4n) is 3.17. The van der Waals surface area contributed by atoms with Gasteiger partial charge in [0.15, 0.2) is 5.76 Å². The highest BCUT2D eigenvalue weighted by Crippen LogP contribution is 2.30. The van der Waals surface area contributed by atoms with Gasteiger partial charge in [0.25, 0.3) is 5.91 Å². The van der Waals surface area contributed by atoms with Gasteiger partial charge in [-0.2, -0.15) is 0 Å². The quantitative estimate of drug-likeness (QED) is 0.824. The fraction of sp³-hybridized carbons (Fsp3) is 0.389. The Hall–Kier alpha value is -2.12. The maximum atomic E-state index is 12.3. The van der Waals surface area contributed by atoms with Crippen LogP contribution in [0, 0.1) is 0 Å². The van der Waals surface area contributed by atoms with E-state index in [9.17, 15) is 13.2 Å². The first-order valence-corrected chi connectivity index (χ1v) is 10.2. The van der Waals surface area contributed by atoms with E-state index in [0.717, 1.165) is 25.5 Å². The molecule has 6 nitrogen and oxygen atoms in total. The molecule has 3 rings (SSSR count). The molecule has 1 atom stereocenters. The van der Waals surface area contributed by atoms with Crippen molar-refractivity contribution in [3.63, 3.8) is 0 Å². The van der Waals surface area contributed by atoms with Crippen LogP contribution in [-0.4, -0.2) is 27.1 Å². The Labute approximate surface area is 147 Å². The number of sulfonamides is 1. The van der Waals surface area contributed by atoms with E-state index in [1.807, 2.05) is 6.07 Å². The van der Waals surface area contributed by atoms with Crippen molar-refractivity contribution >= 4 is 15.9 Å². The molecule has 25 heavy (non-hydrogen) atoms. The van der Waals surface area contributed by atoms with Crippen molar-refractivity contribution in [3.8, 4) is 0 Å². The van der Waals surface area contributed by atoms with Crippen molar-refractivity contribution in [1.82, 2.24) is 10.0 Å². The van der Waals surface area contributed by atoms with E-state index in [2.05, 4.69) is 28.2 Å². The van der Waals surface area contributed by atoms with Gasteiger partial charge in [0.2, 0.25) is 10.0 Å². The lowest BCUT2D eigenvalue weighted by molar-refractivity contribution is 0.0920. The number of furan rings is 1. The summed E-state index contributed by atoms with van der Waals surface area (Å²) in [4.78, 5) is 12.3. The topological polar surface area (TPSA) is 88.4 Å². The fourth-order valence-corrected chi connectivity index (χ4v) is 3.57. The lowest BCUT2D eigenvalue weighted by Crippen LogP contribution is -2.29. The van der Waals surface area contributed by atoms with Crippen LogP contribution in [0.1, 0.15) is 46.2 Å². The summed E-state index contributed by atoms with van der Waals surface area (Å²) in [5, 5.41) is 2.92. The Kier molecular flexibility index (Phi) is 5.24. The standard InChI is InChI=1S/C18H22N2O4S/c1-25(22,23)20-12-15-9-10-17(24-15)18(21)19-11-14-7-4-6-13-5-2-3-8-16(13)14/h2-3,5,8-10,14,20H,4,6-7,11-12H2,1H3,(H,19,21). The van der Waals surface area contributed by atoms with Gasteiger partial charge >= 0.3 is 0 Å². The third-order valence-electron chi connectivity index (χ3n) is 4.40. The molecule has 134 valence electrons. The van der Waals surface area contributed by atoms with Crippen LogP contribution in [0.3, 0.4) is 0 Å². The van der Waals surface area contributed by atoms with E-state index in [1.54, 1.807) is 12.1 Å². The second kappa shape index (κ2) is 7.41. The SMILES string of the molecule is CS(=O)(=O)NCc1ccc(C(=O)NCC2CCCc3ccccc32)o1. The smallest absolute Gasteiger partial charge is 0.287 e. The van der Waals surface area contributed by atoms with Crippen molar-refractivity contribution in [1.29, 1.82) is 0 Å². The van der Waals surface area contributed by atoms with Crippen LogP contribution in [0.4, 0.5) is 0 Å². The van der Waals surface area contributed by atoms with Gasteiger partial charge in [0.1, 0.15) is 5.76 Å². The van der Waals surface area contributed by atoms with Gasteiger partial charge in [-0.05, 0) is 42.5 Å². The predicted octanol–water partition coefficient (Wildman–Crippen LogP) is 2.18. The molecule has 0 radical (unpaired) electrons. The average Bonchev–Trinajstić information content (AvgIpc) is 3.06.